The lowest BCUT2D eigenvalue weighted by atomic mass is 9.77. The maximum Gasteiger partial charge on any atom is 0.281 e. The summed E-state index contributed by atoms with van der Waals surface area (Å²) >= 11 is 0. The van der Waals surface area contributed by atoms with Gasteiger partial charge in [0.2, 0.25) is 0 Å². The first-order valence-electron chi connectivity index (χ1n) is 8.23. The van der Waals surface area contributed by atoms with Crippen molar-refractivity contribution in [1.82, 2.24) is 13.6 Å². The van der Waals surface area contributed by atoms with Crippen LogP contribution in [0.25, 0.3) is 0 Å². The molecule has 0 aromatic carbocycles. The topological polar surface area (TPSA) is 72.0 Å². The SMILES string of the molecule is CN(C)S(=O)(=O)N1CCC2(CC1)CO[C@@H](COc1cccnc1)C2. The van der Waals surface area contributed by atoms with Crippen LogP contribution < -0.4 is 4.74 Å². The summed E-state index contributed by atoms with van der Waals surface area (Å²) in [6.07, 6.45) is 6.05. The number of hydrogen-bond acceptors (Lipinski definition) is 5. The van der Waals surface area contributed by atoms with Gasteiger partial charge < -0.3 is 9.47 Å². The molecule has 0 N–H and O–H groups in total. The highest BCUT2D eigenvalue weighted by molar-refractivity contribution is 7.86. The number of ether oxygens (including phenoxy) is 2. The van der Waals surface area contributed by atoms with E-state index in [-0.39, 0.29) is 11.5 Å². The summed E-state index contributed by atoms with van der Waals surface area (Å²) < 4.78 is 38.9. The molecule has 1 aromatic heterocycles. The molecule has 2 aliphatic rings. The molecule has 3 heterocycles. The molecule has 24 heavy (non-hydrogen) atoms. The minimum atomic E-state index is -3.31. The number of nitrogens with zero attached hydrogens (tertiary/aromatic N) is 3. The van der Waals surface area contributed by atoms with Gasteiger partial charge in [0, 0.05) is 33.4 Å². The Morgan fingerprint density at radius 3 is 2.79 bits per heavy atom. The summed E-state index contributed by atoms with van der Waals surface area (Å²) in [5.74, 6) is 0.744. The summed E-state index contributed by atoms with van der Waals surface area (Å²) in [5.41, 5.74) is 0.0846. The third-order valence-corrected chi connectivity index (χ3v) is 6.87. The van der Waals surface area contributed by atoms with E-state index in [9.17, 15) is 8.42 Å². The Balaban J connectivity index is 1.51. The summed E-state index contributed by atoms with van der Waals surface area (Å²) in [4.78, 5) is 4.03. The third-order valence-electron chi connectivity index (χ3n) is 4.93. The molecule has 0 aliphatic carbocycles. The molecular formula is C16H25N3O4S. The maximum atomic E-state index is 12.2. The zero-order valence-corrected chi connectivity index (χ0v) is 15.0. The number of pyridine rings is 1. The monoisotopic (exact) mass is 355 g/mol. The Morgan fingerprint density at radius 2 is 2.17 bits per heavy atom. The van der Waals surface area contributed by atoms with E-state index in [1.165, 1.54) is 4.31 Å². The zero-order chi connectivity index (χ0) is 17.2. The summed E-state index contributed by atoms with van der Waals surface area (Å²) in [5, 5.41) is 0. The molecule has 8 heteroatoms. The maximum absolute atomic E-state index is 12.2. The van der Waals surface area contributed by atoms with Crippen LogP contribution >= 0.6 is 0 Å². The van der Waals surface area contributed by atoms with Crippen molar-refractivity contribution in [3.63, 3.8) is 0 Å². The van der Waals surface area contributed by atoms with Gasteiger partial charge in [0.25, 0.3) is 10.2 Å². The van der Waals surface area contributed by atoms with Gasteiger partial charge in [-0.3, -0.25) is 4.98 Å². The first-order valence-corrected chi connectivity index (χ1v) is 9.63. The molecule has 2 fully saturated rings. The minimum Gasteiger partial charge on any atom is -0.489 e. The smallest absolute Gasteiger partial charge is 0.281 e. The third kappa shape index (κ3) is 3.72. The minimum absolute atomic E-state index is 0.0576. The highest BCUT2D eigenvalue weighted by atomic mass is 32.2. The van der Waals surface area contributed by atoms with Gasteiger partial charge in [0.1, 0.15) is 12.4 Å². The van der Waals surface area contributed by atoms with E-state index in [1.807, 2.05) is 12.1 Å². The predicted octanol–water partition coefficient (Wildman–Crippen LogP) is 1.14. The Bertz CT molecular complexity index is 643. The Labute approximate surface area is 143 Å². The quantitative estimate of drug-likeness (QED) is 0.792. The molecule has 2 aliphatic heterocycles. The molecule has 3 rings (SSSR count). The van der Waals surface area contributed by atoms with Crippen molar-refractivity contribution in [3.05, 3.63) is 24.5 Å². The van der Waals surface area contributed by atoms with Gasteiger partial charge in [-0.15, -0.1) is 0 Å². The zero-order valence-electron chi connectivity index (χ0n) is 14.2. The lowest BCUT2D eigenvalue weighted by Gasteiger charge is -2.38. The normalized spacial score (nSPS) is 24.5. The lowest BCUT2D eigenvalue weighted by Crippen LogP contribution is -2.47. The van der Waals surface area contributed by atoms with Crippen molar-refractivity contribution in [1.29, 1.82) is 0 Å². The van der Waals surface area contributed by atoms with Gasteiger partial charge in [0.15, 0.2) is 0 Å². The van der Waals surface area contributed by atoms with Crippen molar-refractivity contribution in [3.8, 4) is 5.75 Å². The van der Waals surface area contributed by atoms with E-state index >= 15 is 0 Å². The molecule has 7 nitrogen and oxygen atoms in total. The van der Waals surface area contributed by atoms with Crippen LogP contribution in [0, 0.1) is 5.41 Å². The van der Waals surface area contributed by atoms with E-state index in [1.54, 1.807) is 30.8 Å². The van der Waals surface area contributed by atoms with Gasteiger partial charge in [-0.25, -0.2) is 0 Å². The van der Waals surface area contributed by atoms with Gasteiger partial charge in [-0.2, -0.15) is 17.0 Å². The fourth-order valence-electron chi connectivity index (χ4n) is 3.39. The fraction of sp³-hybridized carbons (Fsp3) is 0.688. The number of aromatic nitrogens is 1. The molecule has 0 amide bonds. The second kappa shape index (κ2) is 6.95. The molecule has 1 aromatic rings. The average molecular weight is 355 g/mol. The van der Waals surface area contributed by atoms with Gasteiger partial charge in [-0.05, 0) is 36.8 Å². The Kier molecular flexibility index (Phi) is 5.10. The van der Waals surface area contributed by atoms with Crippen molar-refractivity contribution < 1.29 is 17.9 Å². The van der Waals surface area contributed by atoms with E-state index in [0.29, 0.717) is 26.3 Å². The fourth-order valence-corrected chi connectivity index (χ4v) is 4.50. The highest BCUT2D eigenvalue weighted by Gasteiger charge is 2.44. The van der Waals surface area contributed by atoms with E-state index < -0.39 is 10.2 Å². The molecule has 0 unspecified atom stereocenters. The van der Waals surface area contributed by atoms with Gasteiger partial charge >= 0.3 is 0 Å². The van der Waals surface area contributed by atoms with Crippen molar-refractivity contribution in [2.75, 3.05) is 40.4 Å². The summed E-state index contributed by atoms with van der Waals surface area (Å²) in [7, 11) is -0.165. The van der Waals surface area contributed by atoms with Crippen LogP contribution in [0.4, 0.5) is 0 Å². The highest BCUT2D eigenvalue weighted by Crippen LogP contribution is 2.42. The predicted molar refractivity (Wildman–Crippen MR) is 89.9 cm³/mol. The molecule has 2 saturated heterocycles. The number of rotatable bonds is 5. The van der Waals surface area contributed by atoms with E-state index in [4.69, 9.17) is 9.47 Å². The second-order valence-corrected chi connectivity index (χ2v) is 8.97. The number of hydrogen-bond donors (Lipinski definition) is 0. The molecule has 134 valence electrons. The second-order valence-electron chi connectivity index (χ2n) is 6.83. The largest absolute Gasteiger partial charge is 0.489 e. The Morgan fingerprint density at radius 1 is 1.42 bits per heavy atom. The first-order chi connectivity index (χ1) is 11.4. The number of piperidine rings is 1. The van der Waals surface area contributed by atoms with Crippen molar-refractivity contribution in [2.45, 2.75) is 25.4 Å². The molecule has 0 radical (unpaired) electrons. The molecule has 1 spiro atoms. The standard InChI is InChI=1S/C16H25N3O4S/c1-18(2)24(20,21)19-8-5-16(6-9-19)10-15(23-13-16)12-22-14-4-3-7-17-11-14/h3-4,7,11,15H,5-6,8-10,12-13H2,1-2H3/t15-/m1/s1. The van der Waals surface area contributed by atoms with E-state index in [2.05, 4.69) is 4.98 Å². The average Bonchev–Trinajstić information content (AvgIpc) is 2.97. The lowest BCUT2D eigenvalue weighted by molar-refractivity contribution is 0.0537. The van der Waals surface area contributed by atoms with Crippen LogP contribution in [0.3, 0.4) is 0 Å². The van der Waals surface area contributed by atoms with Crippen LogP contribution in [0.1, 0.15) is 19.3 Å². The first kappa shape index (κ1) is 17.6. The van der Waals surface area contributed by atoms with Crippen LogP contribution in [0.15, 0.2) is 24.5 Å². The molecule has 1 atom stereocenters. The Hall–Kier alpha value is -1.22. The van der Waals surface area contributed by atoms with E-state index in [0.717, 1.165) is 25.0 Å². The van der Waals surface area contributed by atoms with Crippen LogP contribution in [0.5, 0.6) is 5.75 Å². The molecule has 0 saturated carbocycles. The van der Waals surface area contributed by atoms with Crippen LogP contribution in [-0.2, 0) is 14.9 Å². The van der Waals surface area contributed by atoms with Gasteiger partial charge in [-0.1, -0.05) is 0 Å². The van der Waals surface area contributed by atoms with Crippen molar-refractivity contribution >= 4 is 10.2 Å². The summed E-state index contributed by atoms with van der Waals surface area (Å²) in [6.45, 7) is 2.30. The summed E-state index contributed by atoms with van der Waals surface area (Å²) in [6, 6.07) is 3.72. The molecule has 0 bridgehead atoms. The van der Waals surface area contributed by atoms with Gasteiger partial charge in [0.05, 0.1) is 18.9 Å². The van der Waals surface area contributed by atoms with Crippen molar-refractivity contribution in [2.24, 2.45) is 5.41 Å². The van der Waals surface area contributed by atoms with Crippen LogP contribution in [-0.4, -0.2) is 68.5 Å². The molecular weight excluding hydrogens is 330 g/mol. The van der Waals surface area contributed by atoms with Crippen LogP contribution in [0.2, 0.25) is 0 Å².